The van der Waals surface area contributed by atoms with Crippen LogP contribution in [0.1, 0.15) is 31.4 Å². The van der Waals surface area contributed by atoms with Gasteiger partial charge in [-0.05, 0) is 55.7 Å². The monoisotopic (exact) mass is 513 g/mol. The summed E-state index contributed by atoms with van der Waals surface area (Å²) in [6.07, 6.45) is 1.78. The van der Waals surface area contributed by atoms with Crippen LogP contribution < -0.4 is 9.62 Å². The Bertz CT molecular complexity index is 1110. The number of nitrogens with one attached hydrogen (secondary N) is 1. The Labute approximate surface area is 205 Å². The highest BCUT2D eigenvalue weighted by molar-refractivity contribution is 7.92. The molecule has 0 aliphatic heterocycles. The number of benzene rings is 2. The third-order valence-electron chi connectivity index (χ3n) is 5.12. The predicted molar refractivity (Wildman–Crippen MR) is 133 cm³/mol. The molecule has 0 fully saturated rings. The topological polar surface area (TPSA) is 86.8 Å². The molecule has 0 bridgehead atoms. The first kappa shape index (κ1) is 27.0. The molecule has 0 unspecified atom stereocenters. The van der Waals surface area contributed by atoms with E-state index in [1.54, 1.807) is 56.3 Å². The van der Waals surface area contributed by atoms with Crippen LogP contribution >= 0.6 is 23.2 Å². The fourth-order valence-electron chi connectivity index (χ4n) is 3.28. The van der Waals surface area contributed by atoms with Crippen molar-refractivity contribution in [2.24, 2.45) is 0 Å². The van der Waals surface area contributed by atoms with E-state index >= 15 is 0 Å². The van der Waals surface area contributed by atoms with Gasteiger partial charge in [-0.25, -0.2) is 8.42 Å². The second kappa shape index (κ2) is 11.7. The second-order valence-electron chi connectivity index (χ2n) is 7.78. The predicted octanol–water partition coefficient (Wildman–Crippen LogP) is 4.01. The van der Waals surface area contributed by atoms with Crippen molar-refractivity contribution in [3.8, 4) is 0 Å². The number of carbonyl (C=O) groups is 2. The molecule has 0 heterocycles. The van der Waals surface area contributed by atoms with Gasteiger partial charge in [0.2, 0.25) is 21.8 Å². The Morgan fingerprint density at radius 3 is 2.36 bits per heavy atom. The lowest BCUT2D eigenvalue weighted by atomic mass is 10.1. The van der Waals surface area contributed by atoms with Crippen molar-refractivity contribution in [1.82, 2.24) is 10.2 Å². The number of halogens is 2. The van der Waals surface area contributed by atoms with Gasteiger partial charge in [0.15, 0.2) is 0 Å². The van der Waals surface area contributed by atoms with Crippen molar-refractivity contribution in [3.05, 3.63) is 63.6 Å². The van der Waals surface area contributed by atoms with Gasteiger partial charge in [-0.3, -0.25) is 13.9 Å². The van der Waals surface area contributed by atoms with Crippen molar-refractivity contribution in [1.29, 1.82) is 0 Å². The maximum Gasteiger partial charge on any atom is 0.244 e. The zero-order valence-corrected chi connectivity index (χ0v) is 21.5. The minimum Gasteiger partial charge on any atom is -0.354 e. The van der Waals surface area contributed by atoms with Crippen molar-refractivity contribution < 1.29 is 18.0 Å². The average molecular weight is 514 g/mol. The Morgan fingerprint density at radius 1 is 1.12 bits per heavy atom. The summed E-state index contributed by atoms with van der Waals surface area (Å²) in [5.41, 5.74) is 1.60. The highest BCUT2D eigenvalue weighted by Crippen LogP contribution is 2.26. The first-order valence-corrected chi connectivity index (χ1v) is 13.1. The Kier molecular flexibility index (Phi) is 9.57. The Morgan fingerprint density at radius 2 is 1.79 bits per heavy atom. The number of sulfonamides is 1. The van der Waals surface area contributed by atoms with Crippen molar-refractivity contribution in [2.75, 3.05) is 23.7 Å². The molecule has 0 saturated carbocycles. The SMILES string of the molecule is CCCNC(=O)[C@@H](C)N(Cc1ccccc1Cl)C(=O)CN(c1ccc(Cl)cc1C)S(C)(=O)=O. The third kappa shape index (κ3) is 7.35. The molecule has 0 aliphatic rings. The lowest BCUT2D eigenvalue weighted by molar-refractivity contribution is -0.139. The number of anilines is 1. The molecule has 180 valence electrons. The molecular formula is C23H29Cl2N3O4S. The van der Waals surface area contributed by atoms with E-state index in [4.69, 9.17) is 23.2 Å². The number of carbonyl (C=O) groups excluding carboxylic acids is 2. The molecule has 2 rings (SSSR count). The van der Waals surface area contributed by atoms with Crippen LogP contribution in [0.3, 0.4) is 0 Å². The Balaban J connectivity index is 2.42. The summed E-state index contributed by atoms with van der Waals surface area (Å²) >= 11 is 12.3. The van der Waals surface area contributed by atoms with Crippen LogP contribution in [0.2, 0.25) is 10.0 Å². The van der Waals surface area contributed by atoms with Crippen LogP contribution in [0.5, 0.6) is 0 Å². The summed E-state index contributed by atoms with van der Waals surface area (Å²) in [5.74, 6) is -0.861. The van der Waals surface area contributed by atoms with Gasteiger partial charge < -0.3 is 10.2 Å². The van der Waals surface area contributed by atoms with Crippen LogP contribution in [0.25, 0.3) is 0 Å². The molecule has 0 spiro atoms. The van der Waals surface area contributed by atoms with E-state index in [9.17, 15) is 18.0 Å². The van der Waals surface area contributed by atoms with Gasteiger partial charge in [0, 0.05) is 23.1 Å². The van der Waals surface area contributed by atoms with E-state index in [0.29, 0.717) is 33.4 Å². The zero-order valence-electron chi connectivity index (χ0n) is 19.1. The standard InChI is InChI=1S/C23H29Cl2N3O4S/c1-5-12-26-23(30)17(3)27(14-18-8-6-7-9-20(18)25)22(29)15-28(33(4,31)32)21-11-10-19(24)13-16(21)2/h6-11,13,17H,5,12,14-15H2,1-4H3,(H,26,30)/t17-/m1/s1. The zero-order chi connectivity index (χ0) is 24.8. The summed E-state index contributed by atoms with van der Waals surface area (Å²) in [7, 11) is -3.81. The Hall–Kier alpha value is -2.29. The first-order chi connectivity index (χ1) is 15.5. The highest BCUT2D eigenvalue weighted by atomic mass is 35.5. The summed E-state index contributed by atoms with van der Waals surface area (Å²) in [6, 6.07) is 10.9. The molecular weight excluding hydrogens is 485 g/mol. The molecule has 2 amide bonds. The van der Waals surface area contributed by atoms with E-state index in [1.165, 1.54) is 4.90 Å². The number of hydrogen-bond donors (Lipinski definition) is 1. The first-order valence-electron chi connectivity index (χ1n) is 10.5. The molecule has 1 atom stereocenters. The third-order valence-corrected chi connectivity index (χ3v) is 6.85. The molecule has 0 radical (unpaired) electrons. The number of rotatable bonds is 10. The number of nitrogens with zero attached hydrogens (tertiary/aromatic N) is 2. The van der Waals surface area contributed by atoms with E-state index in [2.05, 4.69) is 5.32 Å². The summed E-state index contributed by atoms with van der Waals surface area (Å²) < 4.78 is 26.2. The van der Waals surface area contributed by atoms with Crippen molar-refractivity contribution in [3.63, 3.8) is 0 Å². The van der Waals surface area contributed by atoms with Crippen LogP contribution in [0.15, 0.2) is 42.5 Å². The normalized spacial score (nSPS) is 12.2. The van der Waals surface area contributed by atoms with E-state index < -0.39 is 28.5 Å². The quantitative estimate of drug-likeness (QED) is 0.519. The lowest BCUT2D eigenvalue weighted by Gasteiger charge is -2.32. The van der Waals surface area contributed by atoms with E-state index in [0.717, 1.165) is 17.0 Å². The number of hydrogen-bond acceptors (Lipinski definition) is 4. The highest BCUT2D eigenvalue weighted by Gasteiger charge is 2.30. The summed E-state index contributed by atoms with van der Waals surface area (Å²) in [4.78, 5) is 27.5. The van der Waals surface area contributed by atoms with Crippen molar-refractivity contribution in [2.45, 2.75) is 39.8 Å². The van der Waals surface area contributed by atoms with Gasteiger partial charge in [-0.2, -0.15) is 0 Å². The van der Waals surface area contributed by atoms with Crippen LogP contribution in [-0.4, -0.2) is 50.5 Å². The molecule has 0 aliphatic carbocycles. The van der Waals surface area contributed by atoms with Gasteiger partial charge in [0.25, 0.3) is 0 Å². The molecule has 0 saturated heterocycles. The average Bonchev–Trinajstić information content (AvgIpc) is 2.74. The van der Waals surface area contributed by atoms with Gasteiger partial charge >= 0.3 is 0 Å². The molecule has 0 aromatic heterocycles. The number of aryl methyl sites for hydroxylation is 1. The largest absolute Gasteiger partial charge is 0.354 e. The van der Waals surface area contributed by atoms with Crippen LogP contribution in [0, 0.1) is 6.92 Å². The fraction of sp³-hybridized carbons (Fsp3) is 0.391. The molecule has 1 N–H and O–H groups in total. The fourth-order valence-corrected chi connectivity index (χ4v) is 4.61. The summed E-state index contributed by atoms with van der Waals surface area (Å²) in [6.45, 7) is 5.30. The van der Waals surface area contributed by atoms with E-state index in [-0.39, 0.29) is 12.5 Å². The van der Waals surface area contributed by atoms with Gasteiger partial charge in [0.05, 0.1) is 11.9 Å². The smallest absolute Gasteiger partial charge is 0.244 e. The van der Waals surface area contributed by atoms with Crippen LogP contribution in [-0.2, 0) is 26.2 Å². The summed E-state index contributed by atoms with van der Waals surface area (Å²) in [5, 5.41) is 3.69. The molecule has 10 heteroatoms. The van der Waals surface area contributed by atoms with Gasteiger partial charge in [0.1, 0.15) is 12.6 Å². The number of amides is 2. The molecule has 7 nitrogen and oxygen atoms in total. The van der Waals surface area contributed by atoms with Gasteiger partial charge in [-0.1, -0.05) is 48.3 Å². The molecule has 2 aromatic rings. The maximum atomic E-state index is 13.5. The van der Waals surface area contributed by atoms with Gasteiger partial charge in [-0.15, -0.1) is 0 Å². The maximum absolute atomic E-state index is 13.5. The second-order valence-corrected chi connectivity index (χ2v) is 10.5. The van der Waals surface area contributed by atoms with E-state index in [1.807, 2.05) is 6.92 Å². The lowest BCUT2D eigenvalue weighted by Crippen LogP contribution is -2.51. The minimum atomic E-state index is -3.81. The van der Waals surface area contributed by atoms with Crippen LogP contribution in [0.4, 0.5) is 5.69 Å². The molecule has 2 aromatic carbocycles. The van der Waals surface area contributed by atoms with Crippen molar-refractivity contribution >= 4 is 50.7 Å². The molecule has 33 heavy (non-hydrogen) atoms. The minimum absolute atomic E-state index is 0.0520.